The maximum atomic E-state index is 12.6. The van der Waals surface area contributed by atoms with Crippen molar-refractivity contribution in [1.29, 1.82) is 0 Å². The molecule has 0 unspecified atom stereocenters. The molecule has 1 saturated heterocycles. The molecule has 0 radical (unpaired) electrons. The lowest BCUT2D eigenvalue weighted by Crippen LogP contribution is -2.52. The van der Waals surface area contributed by atoms with Crippen LogP contribution in [-0.2, 0) is 6.54 Å². The molecule has 0 bridgehead atoms. The number of amides is 1. The van der Waals surface area contributed by atoms with Gasteiger partial charge in [0.25, 0.3) is 5.91 Å². The monoisotopic (exact) mass is 375 g/mol. The summed E-state index contributed by atoms with van der Waals surface area (Å²) >= 11 is 0. The molecule has 1 aliphatic rings. The van der Waals surface area contributed by atoms with Crippen molar-refractivity contribution in [1.82, 2.24) is 15.1 Å². The Morgan fingerprint density at radius 2 is 1.92 bits per heavy atom. The minimum Gasteiger partial charge on any atom is -0.333 e. The van der Waals surface area contributed by atoms with Crippen LogP contribution in [0.15, 0.2) is 24.3 Å². The lowest BCUT2D eigenvalue weighted by molar-refractivity contribution is 0.0655. The van der Waals surface area contributed by atoms with Crippen molar-refractivity contribution >= 4 is 30.7 Å². The molecule has 0 aromatic heterocycles. The van der Waals surface area contributed by atoms with Gasteiger partial charge in [-0.15, -0.1) is 24.8 Å². The number of hydrogen-bond acceptors (Lipinski definition) is 3. The van der Waals surface area contributed by atoms with Gasteiger partial charge in [0.05, 0.1) is 0 Å². The maximum Gasteiger partial charge on any atom is 0.254 e. The third-order valence-corrected chi connectivity index (χ3v) is 4.36. The summed E-state index contributed by atoms with van der Waals surface area (Å²) < 4.78 is 0. The Labute approximate surface area is 158 Å². The summed E-state index contributed by atoms with van der Waals surface area (Å²) in [5.74, 6) is 0.154. The molecule has 1 atom stereocenters. The highest BCUT2D eigenvalue weighted by atomic mass is 35.5. The van der Waals surface area contributed by atoms with Crippen LogP contribution < -0.4 is 5.32 Å². The Morgan fingerprint density at radius 3 is 2.46 bits per heavy atom. The first-order chi connectivity index (χ1) is 10.7. The summed E-state index contributed by atoms with van der Waals surface area (Å²) in [7, 11) is 0. The van der Waals surface area contributed by atoms with E-state index < -0.39 is 0 Å². The molecule has 6 heteroatoms. The average Bonchev–Trinajstić information content (AvgIpc) is 2.55. The van der Waals surface area contributed by atoms with E-state index in [1.54, 1.807) is 0 Å². The topological polar surface area (TPSA) is 35.6 Å². The number of carbonyl (C=O) groups is 1. The lowest BCUT2D eigenvalue weighted by atomic mass is 10.1. The fourth-order valence-electron chi connectivity index (χ4n) is 2.98. The molecule has 4 nitrogen and oxygen atoms in total. The van der Waals surface area contributed by atoms with Crippen LogP contribution in [0.5, 0.6) is 0 Å². The standard InChI is InChI=1S/C18H29N3O.2ClH/c1-4-11-20(5-2)14-16-6-8-17(9-7-16)18(22)21-12-10-19-13-15(21)3;;/h6-9,15,19H,4-5,10-14H2,1-3H3;2*1H/t15-;;/m1../s1. The molecule has 138 valence electrons. The Hall–Kier alpha value is -0.810. The second-order valence-corrected chi connectivity index (χ2v) is 6.12. The number of piperazine rings is 1. The molecule has 1 aliphatic heterocycles. The third kappa shape index (κ3) is 6.25. The molecule has 1 aromatic carbocycles. The quantitative estimate of drug-likeness (QED) is 0.828. The van der Waals surface area contributed by atoms with E-state index in [2.05, 4.69) is 43.1 Å². The number of nitrogens with zero attached hydrogens (tertiary/aromatic N) is 2. The van der Waals surface area contributed by atoms with E-state index >= 15 is 0 Å². The van der Waals surface area contributed by atoms with Crippen molar-refractivity contribution in [3.8, 4) is 0 Å². The second kappa shape index (κ2) is 11.7. The van der Waals surface area contributed by atoms with Gasteiger partial charge in [0.2, 0.25) is 0 Å². The minimum atomic E-state index is 0. The molecular formula is C18H31Cl2N3O. The molecule has 1 amide bonds. The van der Waals surface area contributed by atoms with Crippen LogP contribution in [0.4, 0.5) is 0 Å². The van der Waals surface area contributed by atoms with Gasteiger partial charge in [-0.25, -0.2) is 0 Å². The molecule has 0 aliphatic carbocycles. The fourth-order valence-corrected chi connectivity index (χ4v) is 2.98. The zero-order chi connectivity index (χ0) is 15.9. The highest BCUT2D eigenvalue weighted by Crippen LogP contribution is 2.13. The summed E-state index contributed by atoms with van der Waals surface area (Å²) in [5.41, 5.74) is 2.08. The summed E-state index contributed by atoms with van der Waals surface area (Å²) in [6, 6.07) is 8.41. The average molecular weight is 376 g/mol. The number of nitrogens with one attached hydrogen (secondary N) is 1. The van der Waals surface area contributed by atoms with Crippen LogP contribution in [0.25, 0.3) is 0 Å². The van der Waals surface area contributed by atoms with Crippen LogP contribution >= 0.6 is 24.8 Å². The molecule has 24 heavy (non-hydrogen) atoms. The molecule has 0 saturated carbocycles. The predicted molar refractivity (Wildman–Crippen MR) is 106 cm³/mol. The van der Waals surface area contributed by atoms with Gasteiger partial charge in [0, 0.05) is 37.8 Å². The van der Waals surface area contributed by atoms with Crippen molar-refractivity contribution in [2.45, 2.75) is 39.8 Å². The summed E-state index contributed by atoms with van der Waals surface area (Å²) in [6.07, 6.45) is 1.17. The highest BCUT2D eigenvalue weighted by Gasteiger charge is 2.23. The Morgan fingerprint density at radius 1 is 1.25 bits per heavy atom. The molecule has 0 spiro atoms. The van der Waals surface area contributed by atoms with Gasteiger partial charge in [0.15, 0.2) is 0 Å². The van der Waals surface area contributed by atoms with E-state index in [4.69, 9.17) is 0 Å². The zero-order valence-corrected chi connectivity index (χ0v) is 16.6. The van der Waals surface area contributed by atoms with Crippen LogP contribution in [0.3, 0.4) is 0 Å². The van der Waals surface area contributed by atoms with Crippen LogP contribution in [0.2, 0.25) is 0 Å². The Balaban J connectivity index is 0.00000264. The Bertz CT molecular complexity index is 482. The van der Waals surface area contributed by atoms with E-state index in [-0.39, 0.29) is 36.8 Å². The molecule has 1 N–H and O–H groups in total. The van der Waals surface area contributed by atoms with Crippen LogP contribution in [-0.4, -0.2) is 54.5 Å². The summed E-state index contributed by atoms with van der Waals surface area (Å²) in [4.78, 5) is 17.0. The van der Waals surface area contributed by atoms with Crippen molar-refractivity contribution in [3.63, 3.8) is 0 Å². The summed E-state index contributed by atoms with van der Waals surface area (Å²) in [5, 5.41) is 3.32. The number of benzene rings is 1. The van der Waals surface area contributed by atoms with Crippen molar-refractivity contribution in [2.75, 3.05) is 32.7 Å². The molecule has 1 fully saturated rings. The van der Waals surface area contributed by atoms with E-state index in [1.165, 1.54) is 12.0 Å². The van der Waals surface area contributed by atoms with Crippen molar-refractivity contribution < 1.29 is 4.79 Å². The van der Waals surface area contributed by atoms with Gasteiger partial charge < -0.3 is 10.2 Å². The lowest BCUT2D eigenvalue weighted by Gasteiger charge is -2.34. The van der Waals surface area contributed by atoms with Crippen molar-refractivity contribution in [2.24, 2.45) is 0 Å². The minimum absolute atomic E-state index is 0. The number of rotatable bonds is 6. The van der Waals surface area contributed by atoms with Crippen molar-refractivity contribution in [3.05, 3.63) is 35.4 Å². The predicted octanol–water partition coefficient (Wildman–Crippen LogP) is 3.20. The first kappa shape index (κ1) is 23.2. The maximum absolute atomic E-state index is 12.6. The SMILES string of the molecule is CCCN(CC)Cc1ccc(C(=O)N2CCNC[C@H]2C)cc1.Cl.Cl. The van der Waals surface area contributed by atoms with E-state index in [0.29, 0.717) is 0 Å². The van der Waals surface area contributed by atoms with Crippen LogP contribution in [0, 0.1) is 0 Å². The Kier molecular flexibility index (Phi) is 11.3. The number of carbonyl (C=O) groups excluding carboxylic acids is 1. The third-order valence-electron chi connectivity index (χ3n) is 4.36. The van der Waals surface area contributed by atoms with Gasteiger partial charge in [-0.1, -0.05) is 26.0 Å². The number of halogens is 2. The van der Waals surface area contributed by atoms with E-state index in [9.17, 15) is 4.79 Å². The van der Waals surface area contributed by atoms with E-state index in [1.807, 2.05) is 17.0 Å². The van der Waals surface area contributed by atoms with Gasteiger partial charge in [-0.05, 0) is 44.1 Å². The molecule has 1 aromatic rings. The van der Waals surface area contributed by atoms with Gasteiger partial charge in [-0.3, -0.25) is 9.69 Å². The molecular weight excluding hydrogens is 345 g/mol. The molecule has 1 heterocycles. The molecule has 2 rings (SSSR count). The van der Waals surface area contributed by atoms with E-state index in [0.717, 1.165) is 44.8 Å². The smallest absolute Gasteiger partial charge is 0.254 e. The first-order valence-electron chi connectivity index (χ1n) is 8.48. The fraction of sp³-hybridized carbons (Fsp3) is 0.611. The second-order valence-electron chi connectivity index (χ2n) is 6.12. The van der Waals surface area contributed by atoms with Crippen LogP contribution in [0.1, 0.15) is 43.1 Å². The first-order valence-corrected chi connectivity index (χ1v) is 8.48. The number of hydrogen-bond donors (Lipinski definition) is 1. The van der Waals surface area contributed by atoms with Gasteiger partial charge in [0.1, 0.15) is 0 Å². The highest BCUT2D eigenvalue weighted by molar-refractivity contribution is 5.94. The van der Waals surface area contributed by atoms with Gasteiger partial charge >= 0.3 is 0 Å². The normalized spacial score (nSPS) is 17.2. The van der Waals surface area contributed by atoms with Gasteiger partial charge in [-0.2, -0.15) is 0 Å². The summed E-state index contributed by atoms with van der Waals surface area (Å²) in [6.45, 7) is 12.2. The largest absolute Gasteiger partial charge is 0.333 e. The zero-order valence-electron chi connectivity index (χ0n) is 15.0.